The number of carbonyl (C=O) groups is 2. The fourth-order valence-electron chi connectivity index (χ4n) is 2.39. The molecular weight excluding hydrogens is 290 g/mol. The number of thioether (sulfide) groups is 1. The minimum atomic E-state index is -0.971. The summed E-state index contributed by atoms with van der Waals surface area (Å²) >= 11 is 1.46. The van der Waals surface area contributed by atoms with Crippen LogP contribution in [0.25, 0.3) is 11.0 Å². The molecule has 1 N–H and O–H groups in total. The summed E-state index contributed by atoms with van der Waals surface area (Å²) in [6.07, 6.45) is 3.15. The Labute approximate surface area is 125 Å². The third kappa shape index (κ3) is 2.44. The number of benzene rings is 1. The summed E-state index contributed by atoms with van der Waals surface area (Å²) in [4.78, 5) is 33.6. The highest BCUT2D eigenvalue weighted by molar-refractivity contribution is 8.00. The number of carboxylic acids is 1. The third-order valence-electron chi connectivity index (χ3n) is 3.46. The van der Waals surface area contributed by atoms with Crippen LogP contribution < -0.4 is 0 Å². The highest BCUT2D eigenvalue weighted by Gasteiger charge is 2.39. The number of fused-ring (bicyclic) bond motifs is 1. The summed E-state index contributed by atoms with van der Waals surface area (Å²) in [6.45, 7) is 1.84. The van der Waals surface area contributed by atoms with Gasteiger partial charge in [0.2, 0.25) is 0 Å². The monoisotopic (exact) mass is 303 g/mol. The Balaban J connectivity index is 1.97. The maximum atomic E-state index is 12.6. The summed E-state index contributed by atoms with van der Waals surface area (Å²) in [6, 6.07) is 4.25. The Morgan fingerprint density at radius 3 is 2.71 bits per heavy atom. The zero-order chi connectivity index (χ0) is 15.0. The van der Waals surface area contributed by atoms with Crippen molar-refractivity contribution < 1.29 is 14.7 Å². The molecular formula is C14H13N3O3S. The SMILES string of the molecule is CC1SCC(C(=O)O)N1C(=O)c1ccc2nccnc2c1. The van der Waals surface area contributed by atoms with Crippen molar-refractivity contribution in [1.82, 2.24) is 14.9 Å². The molecule has 1 fully saturated rings. The molecule has 1 aromatic carbocycles. The lowest BCUT2D eigenvalue weighted by Gasteiger charge is -2.25. The van der Waals surface area contributed by atoms with Crippen LogP contribution >= 0.6 is 11.8 Å². The molecule has 0 saturated carbocycles. The van der Waals surface area contributed by atoms with Gasteiger partial charge in [-0.3, -0.25) is 14.8 Å². The molecule has 0 aliphatic carbocycles. The number of amides is 1. The Kier molecular flexibility index (Phi) is 3.50. The fourth-order valence-corrected chi connectivity index (χ4v) is 3.55. The molecule has 7 heteroatoms. The highest BCUT2D eigenvalue weighted by Crippen LogP contribution is 2.30. The molecule has 108 valence electrons. The molecule has 1 aromatic heterocycles. The van der Waals surface area contributed by atoms with Crippen molar-refractivity contribution in [1.29, 1.82) is 0 Å². The smallest absolute Gasteiger partial charge is 0.327 e. The Morgan fingerprint density at radius 1 is 1.29 bits per heavy atom. The Morgan fingerprint density at radius 2 is 2.00 bits per heavy atom. The van der Waals surface area contributed by atoms with E-state index in [0.717, 1.165) is 0 Å². The van der Waals surface area contributed by atoms with Gasteiger partial charge in [-0.1, -0.05) is 0 Å². The van der Waals surface area contributed by atoms with Crippen LogP contribution in [-0.4, -0.2) is 49.0 Å². The van der Waals surface area contributed by atoms with Gasteiger partial charge in [0.05, 0.1) is 16.4 Å². The van der Waals surface area contributed by atoms with Crippen molar-refractivity contribution in [3.8, 4) is 0 Å². The van der Waals surface area contributed by atoms with Crippen molar-refractivity contribution in [2.45, 2.75) is 18.3 Å². The number of carbonyl (C=O) groups excluding carboxylic acids is 1. The van der Waals surface area contributed by atoms with E-state index in [4.69, 9.17) is 0 Å². The number of aromatic nitrogens is 2. The molecule has 0 radical (unpaired) electrons. The molecule has 1 amide bonds. The topological polar surface area (TPSA) is 83.4 Å². The molecule has 1 saturated heterocycles. The fraction of sp³-hybridized carbons (Fsp3) is 0.286. The second-order valence-electron chi connectivity index (χ2n) is 4.76. The van der Waals surface area contributed by atoms with Crippen molar-refractivity contribution in [3.05, 3.63) is 36.2 Å². The Bertz CT molecular complexity index is 721. The molecule has 2 aromatic rings. The standard InChI is InChI=1S/C14H13N3O3S/c1-8-17(12(7-21-8)14(19)20)13(18)9-2-3-10-11(6-9)16-5-4-15-10/h2-6,8,12H,7H2,1H3,(H,19,20). The first-order valence-electron chi connectivity index (χ1n) is 6.46. The summed E-state index contributed by atoms with van der Waals surface area (Å²) < 4.78 is 0. The predicted molar refractivity (Wildman–Crippen MR) is 79.1 cm³/mol. The number of hydrogen-bond donors (Lipinski definition) is 1. The van der Waals surface area contributed by atoms with Gasteiger partial charge >= 0.3 is 5.97 Å². The molecule has 0 spiro atoms. The van der Waals surface area contributed by atoms with E-state index < -0.39 is 12.0 Å². The number of nitrogens with zero attached hydrogens (tertiary/aromatic N) is 3. The van der Waals surface area contributed by atoms with Crippen molar-refractivity contribution in [2.75, 3.05) is 5.75 Å². The lowest BCUT2D eigenvalue weighted by atomic mass is 10.1. The van der Waals surface area contributed by atoms with Crippen LogP contribution in [0.15, 0.2) is 30.6 Å². The normalized spacial score (nSPS) is 21.7. The number of aliphatic carboxylic acids is 1. The molecule has 2 atom stereocenters. The van der Waals surface area contributed by atoms with E-state index in [1.54, 1.807) is 30.6 Å². The molecule has 21 heavy (non-hydrogen) atoms. The maximum Gasteiger partial charge on any atom is 0.327 e. The average molecular weight is 303 g/mol. The minimum absolute atomic E-state index is 0.156. The second-order valence-corrected chi connectivity index (χ2v) is 6.11. The van der Waals surface area contributed by atoms with Gasteiger partial charge < -0.3 is 10.0 Å². The second kappa shape index (κ2) is 5.33. The molecule has 1 aliphatic rings. The molecule has 2 heterocycles. The van der Waals surface area contributed by atoms with Crippen molar-refractivity contribution in [2.24, 2.45) is 0 Å². The van der Waals surface area contributed by atoms with Crippen LogP contribution in [0.1, 0.15) is 17.3 Å². The largest absolute Gasteiger partial charge is 0.480 e. The van der Waals surface area contributed by atoms with E-state index in [0.29, 0.717) is 22.3 Å². The quantitative estimate of drug-likeness (QED) is 0.907. The molecule has 3 rings (SSSR count). The van der Waals surface area contributed by atoms with E-state index in [-0.39, 0.29) is 11.3 Å². The van der Waals surface area contributed by atoms with E-state index in [1.807, 2.05) is 6.92 Å². The average Bonchev–Trinajstić information content (AvgIpc) is 2.88. The molecule has 2 unspecified atom stereocenters. The summed E-state index contributed by atoms with van der Waals surface area (Å²) in [5.41, 5.74) is 1.76. The van der Waals surface area contributed by atoms with Crippen LogP contribution in [0.2, 0.25) is 0 Å². The number of rotatable bonds is 2. The first kappa shape index (κ1) is 13.8. The molecule has 1 aliphatic heterocycles. The third-order valence-corrected chi connectivity index (χ3v) is 4.68. The van der Waals surface area contributed by atoms with E-state index in [2.05, 4.69) is 9.97 Å². The van der Waals surface area contributed by atoms with Gasteiger partial charge in [0.1, 0.15) is 6.04 Å². The zero-order valence-electron chi connectivity index (χ0n) is 11.3. The summed E-state index contributed by atoms with van der Waals surface area (Å²) in [7, 11) is 0. The van der Waals surface area contributed by atoms with Gasteiger partial charge in [-0.05, 0) is 25.1 Å². The minimum Gasteiger partial charge on any atom is -0.480 e. The van der Waals surface area contributed by atoms with E-state index in [9.17, 15) is 14.7 Å². The van der Waals surface area contributed by atoms with Crippen LogP contribution in [0.3, 0.4) is 0 Å². The van der Waals surface area contributed by atoms with Gasteiger partial charge in [-0.15, -0.1) is 11.8 Å². The molecule has 0 bridgehead atoms. The first-order valence-corrected chi connectivity index (χ1v) is 7.50. The first-order chi connectivity index (χ1) is 10.1. The maximum absolute atomic E-state index is 12.6. The van der Waals surface area contributed by atoms with Gasteiger partial charge in [0.15, 0.2) is 0 Å². The summed E-state index contributed by atoms with van der Waals surface area (Å²) in [5, 5.41) is 9.08. The van der Waals surface area contributed by atoms with Gasteiger partial charge in [0.25, 0.3) is 5.91 Å². The lowest BCUT2D eigenvalue weighted by Crippen LogP contribution is -2.44. The highest BCUT2D eigenvalue weighted by atomic mass is 32.2. The van der Waals surface area contributed by atoms with E-state index >= 15 is 0 Å². The number of hydrogen-bond acceptors (Lipinski definition) is 5. The van der Waals surface area contributed by atoms with Gasteiger partial charge in [0, 0.05) is 23.7 Å². The Hall–Kier alpha value is -2.15. The summed E-state index contributed by atoms with van der Waals surface area (Å²) in [5.74, 6) is -0.844. The van der Waals surface area contributed by atoms with Gasteiger partial charge in [-0.2, -0.15) is 0 Å². The molecule has 6 nitrogen and oxygen atoms in total. The van der Waals surface area contributed by atoms with E-state index in [1.165, 1.54) is 16.7 Å². The van der Waals surface area contributed by atoms with Crippen LogP contribution in [0, 0.1) is 0 Å². The van der Waals surface area contributed by atoms with Crippen LogP contribution in [0.4, 0.5) is 0 Å². The van der Waals surface area contributed by atoms with Crippen molar-refractivity contribution in [3.63, 3.8) is 0 Å². The van der Waals surface area contributed by atoms with Crippen LogP contribution in [-0.2, 0) is 4.79 Å². The lowest BCUT2D eigenvalue weighted by molar-refractivity contribution is -0.141. The van der Waals surface area contributed by atoms with Crippen molar-refractivity contribution >= 4 is 34.7 Å². The van der Waals surface area contributed by atoms with Crippen LogP contribution in [0.5, 0.6) is 0 Å². The number of carboxylic acid groups (broad SMARTS) is 1. The van der Waals surface area contributed by atoms with Gasteiger partial charge in [-0.25, -0.2) is 4.79 Å². The zero-order valence-corrected chi connectivity index (χ0v) is 12.1. The predicted octanol–water partition coefficient (Wildman–Crippen LogP) is 1.62.